The van der Waals surface area contributed by atoms with Gasteiger partial charge in [0.15, 0.2) is 5.78 Å². The molecule has 0 spiro atoms. The van der Waals surface area contributed by atoms with Gasteiger partial charge in [0.1, 0.15) is 0 Å². The minimum atomic E-state index is 0.0800. The summed E-state index contributed by atoms with van der Waals surface area (Å²) in [7, 11) is 0. The van der Waals surface area contributed by atoms with Crippen LogP contribution in [-0.4, -0.2) is 11.5 Å². The maximum absolute atomic E-state index is 13.9. The number of nitrogens with zero attached hydrogens (tertiary/aromatic N) is 2. The van der Waals surface area contributed by atoms with Gasteiger partial charge in [0.25, 0.3) is 0 Å². The Kier molecular flexibility index (Phi) is 10.9. The van der Waals surface area contributed by atoms with Gasteiger partial charge in [-0.2, -0.15) is 5.26 Å². The fourth-order valence-electron chi connectivity index (χ4n) is 6.64. The SMILES string of the molecule is CC1=C(c2cc(C(=O)C3CCCCC(c4ccc(C#N)cc4)CC3)ccc2C)CCCC(CCCCC(C)C)=N1. The standard InChI is InChI=1S/C37H48N2O/c1-26(2)10-5-8-13-34-14-9-15-35(28(4)39-34)36-24-33(19-16-27(36)3)37(40)32-12-7-6-11-30(22-23-32)31-20-17-29(25-38)18-21-31/h16-21,24,26,30,32H,5-15,22-23H2,1-4H3. The molecule has 3 heteroatoms. The molecule has 3 nitrogen and oxygen atoms in total. The van der Waals surface area contributed by atoms with Crippen LogP contribution in [0.5, 0.6) is 0 Å². The number of benzene rings is 2. The lowest BCUT2D eigenvalue weighted by molar-refractivity contribution is 0.0896. The van der Waals surface area contributed by atoms with Crippen LogP contribution in [0.2, 0.25) is 0 Å². The maximum Gasteiger partial charge on any atom is 0.165 e. The smallest absolute Gasteiger partial charge is 0.165 e. The predicted octanol–water partition coefficient (Wildman–Crippen LogP) is 10.4. The van der Waals surface area contributed by atoms with E-state index in [9.17, 15) is 4.79 Å². The number of ketones is 1. The van der Waals surface area contributed by atoms with Crippen molar-refractivity contribution < 1.29 is 4.79 Å². The number of aryl methyl sites for hydroxylation is 1. The number of nitriles is 1. The number of unbranched alkanes of at least 4 members (excludes halogenated alkanes) is 1. The lowest BCUT2D eigenvalue weighted by Crippen LogP contribution is -2.18. The second-order valence-corrected chi connectivity index (χ2v) is 12.6. The van der Waals surface area contributed by atoms with Crippen LogP contribution in [0.25, 0.3) is 5.57 Å². The summed E-state index contributed by atoms with van der Waals surface area (Å²) < 4.78 is 0. The second kappa shape index (κ2) is 14.6. The Labute approximate surface area is 242 Å². The molecule has 4 rings (SSSR count). The van der Waals surface area contributed by atoms with E-state index in [1.54, 1.807) is 0 Å². The van der Waals surface area contributed by atoms with Gasteiger partial charge in [-0.15, -0.1) is 0 Å². The van der Waals surface area contributed by atoms with Gasteiger partial charge < -0.3 is 0 Å². The molecule has 0 saturated heterocycles. The van der Waals surface area contributed by atoms with Gasteiger partial charge in [-0.25, -0.2) is 0 Å². The van der Waals surface area contributed by atoms with Gasteiger partial charge in [-0.1, -0.05) is 63.8 Å². The quantitative estimate of drug-likeness (QED) is 0.236. The number of rotatable bonds is 9. The first-order valence-electron chi connectivity index (χ1n) is 15.8. The van der Waals surface area contributed by atoms with Crippen molar-refractivity contribution >= 4 is 17.1 Å². The van der Waals surface area contributed by atoms with Crippen molar-refractivity contribution in [1.29, 1.82) is 5.26 Å². The van der Waals surface area contributed by atoms with Crippen LogP contribution >= 0.6 is 0 Å². The largest absolute Gasteiger partial charge is 0.294 e. The molecule has 0 amide bonds. The first-order chi connectivity index (χ1) is 19.4. The Bertz CT molecular complexity index is 1260. The Morgan fingerprint density at radius 3 is 2.48 bits per heavy atom. The van der Waals surface area contributed by atoms with Gasteiger partial charge in [0.2, 0.25) is 0 Å². The first-order valence-corrected chi connectivity index (χ1v) is 15.8. The van der Waals surface area contributed by atoms with Crippen molar-refractivity contribution in [2.24, 2.45) is 16.8 Å². The highest BCUT2D eigenvalue weighted by molar-refractivity contribution is 5.99. The number of hydrogen-bond donors (Lipinski definition) is 0. The predicted molar refractivity (Wildman–Crippen MR) is 168 cm³/mol. The molecule has 1 aliphatic carbocycles. The second-order valence-electron chi connectivity index (χ2n) is 12.6. The van der Waals surface area contributed by atoms with Crippen LogP contribution in [0.3, 0.4) is 0 Å². The Hall–Kier alpha value is -2.99. The Morgan fingerprint density at radius 2 is 1.73 bits per heavy atom. The zero-order valence-corrected chi connectivity index (χ0v) is 25.3. The molecule has 1 aliphatic heterocycles. The summed E-state index contributed by atoms with van der Waals surface area (Å²) in [6.45, 7) is 8.94. The van der Waals surface area contributed by atoms with E-state index < -0.39 is 0 Å². The molecular weight excluding hydrogens is 488 g/mol. The maximum atomic E-state index is 13.9. The monoisotopic (exact) mass is 536 g/mol. The van der Waals surface area contributed by atoms with Crippen LogP contribution in [0.4, 0.5) is 0 Å². The first kappa shape index (κ1) is 30.0. The average Bonchev–Trinajstić information content (AvgIpc) is 3.12. The number of allylic oxidation sites excluding steroid dienone is 2. The fourth-order valence-corrected chi connectivity index (χ4v) is 6.64. The number of aliphatic imine (C=N–C) groups is 1. The molecule has 2 atom stereocenters. The van der Waals surface area contributed by atoms with E-state index in [1.165, 1.54) is 47.2 Å². The molecule has 2 unspecified atom stereocenters. The minimum Gasteiger partial charge on any atom is -0.294 e. The number of Topliss-reactive ketones (excluding diaryl/α,β-unsaturated/α-hetero) is 1. The third kappa shape index (κ3) is 8.03. The lowest BCUT2D eigenvalue weighted by atomic mass is 9.79. The third-order valence-electron chi connectivity index (χ3n) is 9.10. The van der Waals surface area contributed by atoms with Crippen molar-refractivity contribution in [2.75, 3.05) is 0 Å². The molecule has 2 aromatic carbocycles. The number of carbonyl (C=O) groups is 1. The molecule has 2 aromatic rings. The number of hydrogen-bond acceptors (Lipinski definition) is 3. The highest BCUT2D eigenvalue weighted by Gasteiger charge is 2.25. The normalized spacial score (nSPS) is 20.4. The van der Waals surface area contributed by atoms with Crippen molar-refractivity contribution in [1.82, 2.24) is 0 Å². The van der Waals surface area contributed by atoms with Gasteiger partial charge in [0.05, 0.1) is 11.6 Å². The molecule has 1 saturated carbocycles. The van der Waals surface area contributed by atoms with Crippen molar-refractivity contribution in [3.8, 4) is 6.07 Å². The third-order valence-corrected chi connectivity index (χ3v) is 9.10. The van der Waals surface area contributed by atoms with Crippen molar-refractivity contribution in [3.05, 3.63) is 76.0 Å². The topological polar surface area (TPSA) is 53.2 Å². The Morgan fingerprint density at radius 1 is 0.950 bits per heavy atom. The van der Waals surface area contributed by atoms with E-state index in [2.05, 4.69) is 58.0 Å². The van der Waals surface area contributed by atoms with Gasteiger partial charge in [-0.3, -0.25) is 9.79 Å². The van der Waals surface area contributed by atoms with Crippen LogP contribution in [0.15, 0.2) is 53.2 Å². The zero-order valence-electron chi connectivity index (χ0n) is 25.3. The molecular formula is C37H48N2O. The van der Waals surface area contributed by atoms with E-state index in [1.807, 2.05) is 18.2 Å². The van der Waals surface area contributed by atoms with Gasteiger partial charge in [0, 0.05) is 22.9 Å². The van der Waals surface area contributed by atoms with E-state index in [-0.39, 0.29) is 5.92 Å². The molecule has 0 aromatic heterocycles. The van der Waals surface area contributed by atoms with E-state index in [4.69, 9.17) is 10.3 Å². The Balaban J connectivity index is 1.47. The molecule has 1 heterocycles. The van der Waals surface area contributed by atoms with E-state index in [0.29, 0.717) is 17.3 Å². The zero-order chi connectivity index (χ0) is 28.5. The summed E-state index contributed by atoms with van der Waals surface area (Å²) in [5.74, 6) is 1.63. The number of carbonyl (C=O) groups excluding carboxylic acids is 1. The fraction of sp³-hybridized carbons (Fsp3) is 0.541. The molecule has 40 heavy (non-hydrogen) atoms. The van der Waals surface area contributed by atoms with Crippen molar-refractivity contribution in [2.45, 2.75) is 117 Å². The molecule has 0 radical (unpaired) electrons. The van der Waals surface area contributed by atoms with Crippen LogP contribution in [0, 0.1) is 30.1 Å². The molecule has 0 bridgehead atoms. The summed E-state index contributed by atoms with van der Waals surface area (Å²) in [5.41, 5.74) is 9.15. The van der Waals surface area contributed by atoms with E-state index >= 15 is 0 Å². The van der Waals surface area contributed by atoms with Gasteiger partial charge in [-0.05, 0) is 124 Å². The minimum absolute atomic E-state index is 0.0800. The molecule has 0 N–H and O–H groups in total. The van der Waals surface area contributed by atoms with Crippen molar-refractivity contribution in [3.63, 3.8) is 0 Å². The average molecular weight is 537 g/mol. The summed E-state index contributed by atoms with van der Waals surface area (Å²) in [4.78, 5) is 19.0. The highest BCUT2D eigenvalue weighted by Crippen LogP contribution is 2.36. The van der Waals surface area contributed by atoms with Gasteiger partial charge >= 0.3 is 0 Å². The highest BCUT2D eigenvalue weighted by atomic mass is 16.1. The molecule has 2 aliphatic rings. The van der Waals surface area contributed by atoms with Crippen LogP contribution in [-0.2, 0) is 0 Å². The summed E-state index contributed by atoms with van der Waals surface area (Å²) in [6.07, 6.45) is 14.5. The summed E-state index contributed by atoms with van der Waals surface area (Å²) in [5, 5.41) is 9.14. The lowest BCUT2D eigenvalue weighted by Gasteiger charge is -2.25. The summed E-state index contributed by atoms with van der Waals surface area (Å²) >= 11 is 0. The molecule has 212 valence electrons. The van der Waals surface area contributed by atoms with Crippen LogP contribution < -0.4 is 0 Å². The van der Waals surface area contributed by atoms with E-state index in [0.717, 1.165) is 81.4 Å². The molecule has 1 fully saturated rings. The summed E-state index contributed by atoms with van der Waals surface area (Å²) in [6, 6.07) is 16.7. The van der Waals surface area contributed by atoms with Crippen LogP contribution in [0.1, 0.15) is 143 Å².